The Bertz CT molecular complexity index is 611. The van der Waals surface area contributed by atoms with E-state index in [1.807, 2.05) is 18.2 Å². The number of hydrogen-bond acceptors (Lipinski definition) is 3. The van der Waals surface area contributed by atoms with Gasteiger partial charge in [0.15, 0.2) is 0 Å². The first-order valence-corrected chi connectivity index (χ1v) is 6.18. The fourth-order valence-corrected chi connectivity index (χ4v) is 2.25. The van der Waals surface area contributed by atoms with Gasteiger partial charge in [0.05, 0.1) is 11.9 Å². The van der Waals surface area contributed by atoms with Crippen molar-refractivity contribution in [2.45, 2.75) is 18.4 Å². The van der Waals surface area contributed by atoms with Crippen molar-refractivity contribution in [2.24, 2.45) is 0 Å². The van der Waals surface area contributed by atoms with Gasteiger partial charge in [0.2, 0.25) is 0 Å². The predicted molar refractivity (Wildman–Crippen MR) is 71.1 cm³/mol. The quantitative estimate of drug-likeness (QED) is 0.892. The molecule has 92 valence electrons. The molecule has 3 rings (SSSR count). The lowest BCUT2D eigenvalue weighted by Crippen LogP contribution is -2.13. The highest BCUT2D eigenvalue weighted by atomic mass is 35.5. The maximum absolute atomic E-state index is 11.3. The molecule has 0 amide bonds. The maximum Gasteiger partial charge on any atom is 0.285 e. The summed E-state index contributed by atoms with van der Waals surface area (Å²) >= 11 is 5.91. The second-order valence-electron chi connectivity index (χ2n) is 4.43. The average molecular weight is 262 g/mol. The number of nitrogens with zero attached hydrogens (tertiary/aromatic N) is 1. The SMILES string of the molecule is O=c1[nH]ncc(NC2CC2c2ccccc2)c1Cl. The Morgan fingerprint density at radius 2 is 2.11 bits per heavy atom. The monoisotopic (exact) mass is 261 g/mol. The van der Waals surface area contributed by atoms with Crippen molar-refractivity contribution >= 4 is 17.3 Å². The second kappa shape index (κ2) is 4.46. The number of aromatic nitrogens is 2. The smallest absolute Gasteiger partial charge is 0.285 e. The van der Waals surface area contributed by atoms with Gasteiger partial charge in [0.25, 0.3) is 5.56 Å². The summed E-state index contributed by atoms with van der Waals surface area (Å²) < 4.78 is 0. The summed E-state index contributed by atoms with van der Waals surface area (Å²) in [5.74, 6) is 0.488. The third-order valence-corrected chi connectivity index (χ3v) is 3.53. The summed E-state index contributed by atoms with van der Waals surface area (Å²) in [6.07, 6.45) is 2.59. The van der Waals surface area contributed by atoms with Crippen LogP contribution in [0.3, 0.4) is 0 Å². The molecule has 0 saturated heterocycles. The molecule has 1 fully saturated rings. The summed E-state index contributed by atoms with van der Waals surface area (Å²) in [5.41, 5.74) is 1.55. The van der Waals surface area contributed by atoms with Crippen molar-refractivity contribution in [1.82, 2.24) is 10.2 Å². The van der Waals surface area contributed by atoms with Gasteiger partial charge in [0, 0.05) is 12.0 Å². The fraction of sp³-hybridized carbons (Fsp3) is 0.231. The van der Waals surface area contributed by atoms with Crippen molar-refractivity contribution in [3.8, 4) is 0 Å². The van der Waals surface area contributed by atoms with Gasteiger partial charge in [-0.25, -0.2) is 5.10 Å². The van der Waals surface area contributed by atoms with Gasteiger partial charge in [-0.3, -0.25) is 4.79 Å². The van der Waals surface area contributed by atoms with Crippen LogP contribution in [0.1, 0.15) is 17.9 Å². The van der Waals surface area contributed by atoms with E-state index in [-0.39, 0.29) is 10.6 Å². The van der Waals surface area contributed by atoms with Crippen LogP contribution in [0.4, 0.5) is 5.69 Å². The third-order valence-electron chi connectivity index (χ3n) is 3.15. The zero-order valence-corrected chi connectivity index (χ0v) is 10.3. The van der Waals surface area contributed by atoms with Gasteiger partial charge in [0.1, 0.15) is 5.02 Å². The van der Waals surface area contributed by atoms with Crippen LogP contribution >= 0.6 is 11.6 Å². The molecule has 4 nitrogen and oxygen atoms in total. The maximum atomic E-state index is 11.3. The molecule has 1 aromatic heterocycles. The van der Waals surface area contributed by atoms with Gasteiger partial charge < -0.3 is 5.32 Å². The molecule has 0 bridgehead atoms. The summed E-state index contributed by atoms with van der Waals surface area (Å²) in [5, 5.41) is 9.47. The Labute approximate surface area is 109 Å². The van der Waals surface area contributed by atoms with E-state index in [4.69, 9.17) is 11.6 Å². The zero-order valence-electron chi connectivity index (χ0n) is 9.56. The van der Waals surface area contributed by atoms with Gasteiger partial charge >= 0.3 is 0 Å². The summed E-state index contributed by atoms with van der Waals surface area (Å²) in [4.78, 5) is 11.3. The normalized spacial score (nSPS) is 21.6. The van der Waals surface area contributed by atoms with E-state index in [2.05, 4.69) is 27.6 Å². The Morgan fingerprint density at radius 3 is 2.89 bits per heavy atom. The van der Waals surface area contributed by atoms with Crippen LogP contribution in [-0.4, -0.2) is 16.2 Å². The summed E-state index contributed by atoms with van der Waals surface area (Å²) in [7, 11) is 0. The first kappa shape index (κ1) is 11.3. The third kappa shape index (κ3) is 2.11. The first-order chi connectivity index (χ1) is 8.75. The van der Waals surface area contributed by atoms with Crippen LogP contribution in [-0.2, 0) is 0 Å². The summed E-state index contributed by atoms with van der Waals surface area (Å²) in [6.45, 7) is 0. The number of halogens is 1. The molecule has 18 heavy (non-hydrogen) atoms. The Balaban J connectivity index is 1.73. The van der Waals surface area contributed by atoms with Gasteiger partial charge in [-0.1, -0.05) is 41.9 Å². The first-order valence-electron chi connectivity index (χ1n) is 5.80. The van der Waals surface area contributed by atoms with E-state index >= 15 is 0 Å². The van der Waals surface area contributed by atoms with Crippen molar-refractivity contribution in [1.29, 1.82) is 0 Å². The summed E-state index contributed by atoms with van der Waals surface area (Å²) in [6, 6.07) is 10.6. The number of aromatic amines is 1. The molecule has 0 radical (unpaired) electrons. The highest BCUT2D eigenvalue weighted by Gasteiger charge is 2.38. The van der Waals surface area contributed by atoms with E-state index in [0.717, 1.165) is 6.42 Å². The van der Waals surface area contributed by atoms with Crippen molar-refractivity contribution < 1.29 is 0 Å². The van der Waals surface area contributed by atoms with Crippen LogP contribution in [0.2, 0.25) is 5.02 Å². The largest absolute Gasteiger partial charge is 0.379 e. The highest BCUT2D eigenvalue weighted by Crippen LogP contribution is 2.43. The molecule has 1 heterocycles. The molecule has 2 atom stereocenters. The molecule has 1 saturated carbocycles. The van der Waals surface area contributed by atoms with E-state index in [1.54, 1.807) is 6.20 Å². The fourth-order valence-electron chi connectivity index (χ4n) is 2.11. The lowest BCUT2D eigenvalue weighted by atomic mass is 10.1. The number of anilines is 1. The van der Waals surface area contributed by atoms with Crippen molar-refractivity contribution in [2.75, 3.05) is 5.32 Å². The standard InChI is InChI=1S/C13H12ClN3O/c14-12-11(7-15-17-13(12)18)16-10-6-9(10)8-4-2-1-3-5-8/h1-5,7,9-10H,6H2,(H2,16,17,18). The number of nitrogens with one attached hydrogen (secondary N) is 2. The molecular formula is C13H12ClN3O. The number of hydrogen-bond donors (Lipinski definition) is 2. The van der Waals surface area contributed by atoms with E-state index in [1.165, 1.54) is 5.56 Å². The van der Waals surface area contributed by atoms with Gasteiger partial charge in [-0.05, 0) is 12.0 Å². The van der Waals surface area contributed by atoms with Crippen LogP contribution in [0.5, 0.6) is 0 Å². The van der Waals surface area contributed by atoms with Crippen LogP contribution in [0, 0.1) is 0 Å². The van der Waals surface area contributed by atoms with Crippen molar-refractivity contribution in [3.63, 3.8) is 0 Å². The molecule has 2 aromatic rings. The highest BCUT2D eigenvalue weighted by molar-refractivity contribution is 6.32. The van der Waals surface area contributed by atoms with Gasteiger partial charge in [-0.15, -0.1) is 0 Å². The van der Waals surface area contributed by atoms with Crippen molar-refractivity contribution in [3.05, 3.63) is 57.5 Å². The molecular weight excluding hydrogens is 250 g/mol. The van der Waals surface area contributed by atoms with E-state index in [9.17, 15) is 4.79 Å². The minimum Gasteiger partial charge on any atom is -0.379 e. The molecule has 2 unspecified atom stereocenters. The second-order valence-corrected chi connectivity index (χ2v) is 4.81. The number of H-pyrrole nitrogens is 1. The number of rotatable bonds is 3. The molecule has 1 aromatic carbocycles. The van der Waals surface area contributed by atoms with Gasteiger partial charge in [-0.2, -0.15) is 5.10 Å². The Hall–Kier alpha value is -1.81. The van der Waals surface area contributed by atoms with E-state index < -0.39 is 0 Å². The molecule has 5 heteroatoms. The Morgan fingerprint density at radius 1 is 1.33 bits per heavy atom. The topological polar surface area (TPSA) is 57.8 Å². The molecule has 0 spiro atoms. The lowest BCUT2D eigenvalue weighted by molar-refractivity contribution is 0.974. The molecule has 1 aliphatic rings. The zero-order chi connectivity index (χ0) is 12.5. The molecule has 2 N–H and O–H groups in total. The van der Waals surface area contributed by atoms with Crippen LogP contribution in [0.15, 0.2) is 41.3 Å². The van der Waals surface area contributed by atoms with Crippen LogP contribution < -0.4 is 10.9 Å². The lowest BCUT2D eigenvalue weighted by Gasteiger charge is -2.06. The minimum atomic E-state index is -0.362. The average Bonchev–Trinajstić information content (AvgIpc) is 3.15. The Kier molecular flexibility index (Phi) is 2.80. The minimum absolute atomic E-state index is 0.170. The number of benzene rings is 1. The molecule has 1 aliphatic carbocycles. The predicted octanol–water partition coefficient (Wildman–Crippen LogP) is 2.39. The van der Waals surface area contributed by atoms with Crippen LogP contribution in [0.25, 0.3) is 0 Å². The van der Waals surface area contributed by atoms with E-state index in [0.29, 0.717) is 17.6 Å². The molecule has 0 aliphatic heterocycles.